The zero-order valence-corrected chi connectivity index (χ0v) is 14.1. The molecule has 0 radical (unpaired) electrons. The molecular formula is C16H19N3O3S. The highest BCUT2D eigenvalue weighted by atomic mass is 32.2. The number of H-pyrrole nitrogens is 1. The molecule has 23 heavy (non-hydrogen) atoms. The van der Waals surface area contributed by atoms with E-state index in [2.05, 4.69) is 15.3 Å². The molecule has 1 amide bonds. The van der Waals surface area contributed by atoms with Crippen molar-refractivity contribution in [2.45, 2.75) is 25.9 Å². The molecule has 0 unspecified atom stereocenters. The first-order chi connectivity index (χ1) is 11.0. The summed E-state index contributed by atoms with van der Waals surface area (Å²) in [6, 6.07) is 5.90. The molecule has 0 aliphatic rings. The number of ether oxygens (including phenoxy) is 1. The van der Waals surface area contributed by atoms with Crippen molar-refractivity contribution in [3.05, 3.63) is 41.2 Å². The molecule has 0 saturated heterocycles. The quantitative estimate of drug-likeness (QED) is 0.627. The van der Waals surface area contributed by atoms with E-state index in [1.54, 1.807) is 6.92 Å². The number of aromatic nitrogens is 2. The first-order valence-corrected chi connectivity index (χ1v) is 8.20. The highest BCUT2D eigenvalue weighted by Crippen LogP contribution is 2.18. The number of nitrogens with one attached hydrogen (secondary N) is 2. The largest absolute Gasteiger partial charge is 0.461 e. The molecule has 0 fully saturated rings. The van der Waals surface area contributed by atoms with Crippen molar-refractivity contribution in [2.75, 3.05) is 17.7 Å². The molecule has 0 aliphatic carbocycles. The van der Waals surface area contributed by atoms with Gasteiger partial charge in [0, 0.05) is 5.69 Å². The molecule has 2 aromatic rings. The van der Waals surface area contributed by atoms with Crippen LogP contribution >= 0.6 is 11.8 Å². The van der Waals surface area contributed by atoms with E-state index < -0.39 is 5.97 Å². The Balaban J connectivity index is 1.89. The topological polar surface area (TPSA) is 84.1 Å². The van der Waals surface area contributed by atoms with Crippen molar-refractivity contribution >= 4 is 29.3 Å². The standard InChI is InChI=1S/C16H19N3O3S/c1-4-22-15(21)13-8-17-16(19-13)23-9-14(20)18-12-7-10(2)5-6-11(12)3/h5-8H,4,9H2,1-3H3,(H,17,19)(H,18,20). The lowest BCUT2D eigenvalue weighted by atomic mass is 10.1. The average molecular weight is 333 g/mol. The van der Waals surface area contributed by atoms with Gasteiger partial charge >= 0.3 is 5.97 Å². The van der Waals surface area contributed by atoms with Crippen molar-refractivity contribution in [3.8, 4) is 0 Å². The van der Waals surface area contributed by atoms with Crippen LogP contribution in [0.4, 0.5) is 5.69 Å². The van der Waals surface area contributed by atoms with Crippen LogP contribution in [0.25, 0.3) is 0 Å². The summed E-state index contributed by atoms with van der Waals surface area (Å²) in [5, 5.41) is 3.38. The third-order valence-electron chi connectivity index (χ3n) is 3.05. The van der Waals surface area contributed by atoms with Gasteiger partial charge in [-0.15, -0.1) is 0 Å². The second-order valence-corrected chi connectivity index (χ2v) is 5.94. The molecule has 122 valence electrons. The van der Waals surface area contributed by atoms with Gasteiger partial charge in [-0.2, -0.15) is 0 Å². The van der Waals surface area contributed by atoms with Gasteiger partial charge in [-0.05, 0) is 38.0 Å². The molecule has 0 atom stereocenters. The minimum atomic E-state index is -0.452. The minimum absolute atomic E-state index is 0.127. The van der Waals surface area contributed by atoms with E-state index in [9.17, 15) is 9.59 Å². The normalized spacial score (nSPS) is 10.4. The lowest BCUT2D eigenvalue weighted by Gasteiger charge is -2.08. The highest BCUT2D eigenvalue weighted by Gasteiger charge is 2.12. The van der Waals surface area contributed by atoms with E-state index in [0.29, 0.717) is 11.8 Å². The van der Waals surface area contributed by atoms with Crippen LogP contribution in [0, 0.1) is 13.8 Å². The fourth-order valence-corrected chi connectivity index (χ4v) is 2.53. The SMILES string of the molecule is CCOC(=O)c1cnc(SCC(=O)Nc2cc(C)ccc2C)[nH]1. The number of anilines is 1. The van der Waals surface area contributed by atoms with Crippen molar-refractivity contribution in [1.29, 1.82) is 0 Å². The summed E-state index contributed by atoms with van der Waals surface area (Å²) < 4.78 is 4.87. The van der Waals surface area contributed by atoms with Gasteiger partial charge < -0.3 is 15.0 Å². The molecule has 0 saturated carbocycles. The number of esters is 1. The van der Waals surface area contributed by atoms with Gasteiger partial charge in [0.1, 0.15) is 5.69 Å². The molecule has 0 bridgehead atoms. The molecule has 0 aliphatic heterocycles. The number of thioether (sulfide) groups is 1. The van der Waals surface area contributed by atoms with E-state index in [4.69, 9.17) is 4.74 Å². The Bertz CT molecular complexity index is 712. The first kappa shape index (κ1) is 17.1. The van der Waals surface area contributed by atoms with Crippen LogP contribution in [-0.2, 0) is 9.53 Å². The maximum atomic E-state index is 12.0. The van der Waals surface area contributed by atoms with Crippen molar-refractivity contribution in [1.82, 2.24) is 9.97 Å². The number of imidazole rings is 1. The third kappa shape index (κ3) is 4.85. The average Bonchev–Trinajstić information content (AvgIpc) is 2.98. The fraction of sp³-hybridized carbons (Fsp3) is 0.312. The van der Waals surface area contributed by atoms with Crippen LogP contribution in [0.3, 0.4) is 0 Å². The van der Waals surface area contributed by atoms with Crippen LogP contribution < -0.4 is 5.32 Å². The predicted octanol–water partition coefficient (Wildman–Crippen LogP) is 2.93. The van der Waals surface area contributed by atoms with Crippen LogP contribution in [0.1, 0.15) is 28.5 Å². The first-order valence-electron chi connectivity index (χ1n) is 7.21. The van der Waals surface area contributed by atoms with Gasteiger partial charge in [-0.25, -0.2) is 9.78 Å². The molecular weight excluding hydrogens is 314 g/mol. The van der Waals surface area contributed by atoms with E-state index >= 15 is 0 Å². The van der Waals surface area contributed by atoms with E-state index in [1.807, 2.05) is 32.0 Å². The van der Waals surface area contributed by atoms with Gasteiger partial charge in [-0.3, -0.25) is 4.79 Å². The summed E-state index contributed by atoms with van der Waals surface area (Å²) in [5.41, 5.74) is 3.19. The van der Waals surface area contributed by atoms with Crippen molar-refractivity contribution < 1.29 is 14.3 Å². The van der Waals surface area contributed by atoms with Crippen molar-refractivity contribution in [2.24, 2.45) is 0 Å². The maximum absolute atomic E-state index is 12.0. The number of aryl methyl sites for hydroxylation is 2. The summed E-state index contributed by atoms with van der Waals surface area (Å²) in [6.07, 6.45) is 1.41. The van der Waals surface area contributed by atoms with Crippen LogP contribution in [0.5, 0.6) is 0 Å². The second-order valence-electron chi connectivity index (χ2n) is 4.98. The summed E-state index contributed by atoms with van der Waals surface area (Å²) in [4.78, 5) is 30.4. The lowest BCUT2D eigenvalue weighted by Crippen LogP contribution is -2.15. The number of nitrogens with zero attached hydrogens (tertiary/aromatic N) is 1. The minimum Gasteiger partial charge on any atom is -0.461 e. The highest BCUT2D eigenvalue weighted by molar-refractivity contribution is 7.99. The monoisotopic (exact) mass is 333 g/mol. The number of benzene rings is 1. The summed E-state index contributed by atoms with van der Waals surface area (Å²) in [7, 11) is 0. The zero-order valence-electron chi connectivity index (χ0n) is 13.3. The molecule has 1 heterocycles. The molecule has 0 spiro atoms. The Hall–Kier alpha value is -2.28. The number of carbonyl (C=O) groups excluding carboxylic acids is 2. The van der Waals surface area contributed by atoms with Crippen LogP contribution in [-0.4, -0.2) is 34.2 Å². The fourth-order valence-electron chi connectivity index (χ4n) is 1.88. The Labute approximate surface area is 139 Å². The van der Waals surface area contributed by atoms with E-state index in [0.717, 1.165) is 16.8 Å². The Morgan fingerprint density at radius 1 is 1.35 bits per heavy atom. The molecule has 7 heteroatoms. The molecule has 2 N–H and O–H groups in total. The van der Waals surface area contributed by atoms with Gasteiger partial charge in [0.15, 0.2) is 5.16 Å². The molecule has 1 aromatic heterocycles. The Morgan fingerprint density at radius 3 is 2.87 bits per heavy atom. The van der Waals surface area contributed by atoms with Crippen LogP contribution in [0.2, 0.25) is 0 Å². The smallest absolute Gasteiger partial charge is 0.356 e. The summed E-state index contributed by atoms with van der Waals surface area (Å²) in [6.45, 7) is 5.96. The van der Waals surface area contributed by atoms with E-state index in [1.165, 1.54) is 18.0 Å². The van der Waals surface area contributed by atoms with E-state index in [-0.39, 0.29) is 17.4 Å². The number of rotatable bonds is 6. The van der Waals surface area contributed by atoms with Gasteiger partial charge in [0.05, 0.1) is 18.6 Å². The number of carbonyl (C=O) groups is 2. The third-order valence-corrected chi connectivity index (χ3v) is 3.94. The number of hydrogen-bond acceptors (Lipinski definition) is 5. The predicted molar refractivity (Wildman–Crippen MR) is 89.8 cm³/mol. The number of aromatic amines is 1. The number of hydrogen-bond donors (Lipinski definition) is 2. The zero-order chi connectivity index (χ0) is 16.8. The van der Waals surface area contributed by atoms with Gasteiger partial charge in [-0.1, -0.05) is 23.9 Å². The summed E-state index contributed by atoms with van der Waals surface area (Å²) in [5.74, 6) is -0.382. The molecule has 2 rings (SSSR count). The summed E-state index contributed by atoms with van der Waals surface area (Å²) >= 11 is 1.23. The van der Waals surface area contributed by atoms with Crippen molar-refractivity contribution in [3.63, 3.8) is 0 Å². The number of amides is 1. The Morgan fingerprint density at radius 2 is 2.13 bits per heavy atom. The van der Waals surface area contributed by atoms with Gasteiger partial charge in [0.25, 0.3) is 0 Å². The van der Waals surface area contributed by atoms with Crippen LogP contribution in [0.15, 0.2) is 29.6 Å². The second kappa shape index (κ2) is 7.82. The molecule has 1 aromatic carbocycles. The Kier molecular flexibility index (Phi) is 5.81. The maximum Gasteiger partial charge on any atom is 0.356 e. The van der Waals surface area contributed by atoms with Gasteiger partial charge in [0.2, 0.25) is 5.91 Å². The molecule has 6 nitrogen and oxygen atoms in total. The lowest BCUT2D eigenvalue weighted by molar-refractivity contribution is -0.113.